The number of hydrogen-bond acceptors (Lipinski definition) is 4. The van der Waals surface area contributed by atoms with Crippen LogP contribution in [0.15, 0.2) is 36.4 Å². The lowest BCUT2D eigenvalue weighted by molar-refractivity contribution is -0.119. The highest BCUT2D eigenvalue weighted by Crippen LogP contribution is 2.29. The molecule has 0 aliphatic carbocycles. The maximum Gasteiger partial charge on any atom is 0.239 e. The second-order valence-corrected chi connectivity index (χ2v) is 6.43. The third kappa shape index (κ3) is 3.74. The van der Waals surface area contributed by atoms with Gasteiger partial charge in [-0.25, -0.2) is 18.2 Å². The molecule has 1 heterocycles. The van der Waals surface area contributed by atoms with Crippen molar-refractivity contribution in [2.24, 2.45) is 0 Å². The predicted octanol–water partition coefficient (Wildman–Crippen LogP) is 3.47. The summed E-state index contributed by atoms with van der Waals surface area (Å²) in [5.41, 5.74) is 0.0590. The van der Waals surface area contributed by atoms with Gasteiger partial charge in [-0.2, -0.15) is 0 Å². The van der Waals surface area contributed by atoms with Crippen LogP contribution in [0, 0.1) is 17.5 Å². The second-order valence-electron chi connectivity index (χ2n) is 5.42. The molecule has 3 rings (SSSR count). The highest BCUT2D eigenvalue weighted by atomic mass is 32.1. The molecular weight excluding hydrogens is 351 g/mol. The molecule has 0 unspecified atom stereocenters. The van der Waals surface area contributed by atoms with E-state index < -0.39 is 23.4 Å². The number of rotatable bonds is 5. The molecule has 0 saturated heterocycles. The Hall–Kier alpha value is -2.61. The van der Waals surface area contributed by atoms with Crippen LogP contribution in [-0.2, 0) is 11.3 Å². The third-order valence-electron chi connectivity index (χ3n) is 3.59. The largest absolute Gasteiger partial charge is 0.350 e. The number of likely N-dealkylation sites (N-methyl/N-ethyl adjacent to an activating group) is 1. The zero-order valence-corrected chi connectivity index (χ0v) is 14.0. The summed E-state index contributed by atoms with van der Waals surface area (Å²) in [5, 5.41) is 2.95. The first-order valence-electron chi connectivity index (χ1n) is 7.41. The Bertz CT molecular complexity index is 908. The molecule has 0 radical (unpaired) electrons. The van der Waals surface area contributed by atoms with Gasteiger partial charge in [0.15, 0.2) is 5.13 Å². The third-order valence-corrected chi connectivity index (χ3v) is 4.72. The van der Waals surface area contributed by atoms with E-state index in [9.17, 15) is 18.0 Å². The number of carbonyl (C=O) groups excluding carboxylic acids is 1. The van der Waals surface area contributed by atoms with E-state index >= 15 is 0 Å². The van der Waals surface area contributed by atoms with E-state index in [1.54, 1.807) is 24.1 Å². The summed E-state index contributed by atoms with van der Waals surface area (Å²) in [6, 6.07) is 8.18. The number of aromatic nitrogens is 1. The smallest absolute Gasteiger partial charge is 0.239 e. The molecule has 1 amide bonds. The van der Waals surface area contributed by atoms with Crippen LogP contribution >= 0.6 is 11.3 Å². The molecule has 3 aromatic rings. The van der Waals surface area contributed by atoms with Crippen LogP contribution in [0.25, 0.3) is 10.2 Å². The highest BCUT2D eigenvalue weighted by molar-refractivity contribution is 7.22. The Balaban J connectivity index is 1.65. The van der Waals surface area contributed by atoms with Gasteiger partial charge in [-0.15, -0.1) is 0 Å². The van der Waals surface area contributed by atoms with Gasteiger partial charge in [0, 0.05) is 19.2 Å². The van der Waals surface area contributed by atoms with Gasteiger partial charge in [0.1, 0.15) is 23.0 Å². The number of nitrogens with one attached hydrogen (secondary N) is 1. The Morgan fingerprint density at radius 2 is 1.76 bits per heavy atom. The molecule has 0 aliphatic heterocycles. The summed E-state index contributed by atoms with van der Waals surface area (Å²) in [4.78, 5) is 17.7. The molecule has 0 spiro atoms. The molecule has 1 N–H and O–H groups in total. The number of nitrogens with zero attached hydrogens (tertiary/aromatic N) is 2. The number of halogens is 3. The Morgan fingerprint density at radius 1 is 1.12 bits per heavy atom. The van der Waals surface area contributed by atoms with Crippen LogP contribution < -0.4 is 10.2 Å². The van der Waals surface area contributed by atoms with Crippen molar-refractivity contribution in [3.05, 3.63) is 59.4 Å². The molecule has 0 fully saturated rings. The number of amides is 1. The first-order chi connectivity index (χ1) is 12.0. The van der Waals surface area contributed by atoms with Crippen molar-refractivity contribution in [3.8, 4) is 0 Å². The van der Waals surface area contributed by atoms with Crippen molar-refractivity contribution in [2.45, 2.75) is 6.54 Å². The maximum absolute atomic E-state index is 13.7. The van der Waals surface area contributed by atoms with Gasteiger partial charge in [0.05, 0.1) is 11.2 Å². The number of fused-ring (bicyclic) bond motifs is 1. The minimum Gasteiger partial charge on any atom is -0.350 e. The number of benzene rings is 2. The van der Waals surface area contributed by atoms with E-state index in [1.807, 2.05) is 0 Å². The summed E-state index contributed by atoms with van der Waals surface area (Å²) < 4.78 is 41.4. The molecular formula is C17H14F3N3OS. The van der Waals surface area contributed by atoms with Gasteiger partial charge in [-0.3, -0.25) is 4.79 Å². The van der Waals surface area contributed by atoms with Crippen LogP contribution in [0.4, 0.5) is 18.3 Å². The summed E-state index contributed by atoms with van der Waals surface area (Å²) in [7, 11) is 1.64. The normalized spacial score (nSPS) is 10.9. The molecule has 0 bridgehead atoms. The van der Waals surface area contributed by atoms with E-state index in [-0.39, 0.29) is 24.2 Å². The molecule has 0 saturated carbocycles. The quantitative estimate of drug-likeness (QED) is 0.753. The van der Waals surface area contributed by atoms with Crippen molar-refractivity contribution in [2.75, 3.05) is 18.5 Å². The van der Waals surface area contributed by atoms with Gasteiger partial charge >= 0.3 is 0 Å². The average Bonchev–Trinajstić information content (AvgIpc) is 3.00. The van der Waals surface area contributed by atoms with Crippen molar-refractivity contribution in [1.29, 1.82) is 0 Å². The van der Waals surface area contributed by atoms with E-state index in [0.717, 1.165) is 12.1 Å². The van der Waals surface area contributed by atoms with Gasteiger partial charge < -0.3 is 10.2 Å². The lowest BCUT2D eigenvalue weighted by atomic mass is 10.2. The van der Waals surface area contributed by atoms with E-state index in [0.29, 0.717) is 9.83 Å². The van der Waals surface area contributed by atoms with E-state index in [2.05, 4.69) is 10.3 Å². The Kier molecular flexibility index (Phi) is 4.89. The molecule has 130 valence electrons. The molecule has 8 heteroatoms. The van der Waals surface area contributed by atoms with Gasteiger partial charge in [-0.05, 0) is 24.3 Å². The summed E-state index contributed by atoms with van der Waals surface area (Å²) >= 11 is 1.26. The van der Waals surface area contributed by atoms with Crippen LogP contribution in [0.5, 0.6) is 0 Å². The van der Waals surface area contributed by atoms with Crippen molar-refractivity contribution in [1.82, 2.24) is 10.3 Å². The molecule has 25 heavy (non-hydrogen) atoms. The van der Waals surface area contributed by atoms with Crippen LogP contribution in [0.2, 0.25) is 0 Å². The van der Waals surface area contributed by atoms with Gasteiger partial charge in [-0.1, -0.05) is 23.5 Å². The van der Waals surface area contributed by atoms with Crippen molar-refractivity contribution >= 4 is 32.6 Å². The summed E-state index contributed by atoms with van der Waals surface area (Å²) in [5.74, 6) is -2.27. The van der Waals surface area contributed by atoms with Crippen LogP contribution in [-0.4, -0.2) is 24.5 Å². The molecule has 4 nitrogen and oxygen atoms in total. The molecule has 1 aromatic heterocycles. The first kappa shape index (κ1) is 17.2. The molecule has 0 aliphatic rings. The summed E-state index contributed by atoms with van der Waals surface area (Å²) in [6.07, 6.45) is 0. The molecule has 2 aromatic carbocycles. The minimum absolute atomic E-state index is 0.0719. The standard InChI is InChI=1S/C17H14F3N3OS/c1-23(17-22-16-13(20)6-3-7-14(16)25-17)9-15(24)21-8-10-11(18)4-2-5-12(10)19/h2-7H,8-9H2,1H3,(H,21,24). The lowest BCUT2D eigenvalue weighted by Gasteiger charge is -2.15. The fourth-order valence-electron chi connectivity index (χ4n) is 2.29. The zero-order chi connectivity index (χ0) is 18.0. The highest BCUT2D eigenvalue weighted by Gasteiger charge is 2.15. The SMILES string of the molecule is CN(CC(=O)NCc1c(F)cccc1F)c1nc2c(F)cccc2s1. The Morgan fingerprint density at radius 3 is 2.44 bits per heavy atom. The van der Waals surface area contributed by atoms with E-state index in [1.165, 1.54) is 23.5 Å². The fraction of sp³-hybridized carbons (Fsp3) is 0.176. The van der Waals surface area contributed by atoms with Crippen LogP contribution in [0.1, 0.15) is 5.56 Å². The number of para-hydroxylation sites is 1. The first-order valence-corrected chi connectivity index (χ1v) is 8.23. The Labute approximate surface area is 145 Å². The minimum atomic E-state index is -0.713. The monoisotopic (exact) mass is 365 g/mol. The number of anilines is 1. The fourth-order valence-corrected chi connectivity index (χ4v) is 3.23. The molecule has 0 atom stereocenters. The topological polar surface area (TPSA) is 45.2 Å². The predicted molar refractivity (Wildman–Crippen MR) is 91.1 cm³/mol. The van der Waals surface area contributed by atoms with E-state index in [4.69, 9.17) is 0 Å². The number of thiazole rings is 1. The average molecular weight is 365 g/mol. The second kappa shape index (κ2) is 7.10. The zero-order valence-electron chi connectivity index (χ0n) is 13.2. The maximum atomic E-state index is 13.7. The lowest BCUT2D eigenvalue weighted by Crippen LogP contribution is -2.35. The van der Waals surface area contributed by atoms with Crippen LogP contribution in [0.3, 0.4) is 0 Å². The van der Waals surface area contributed by atoms with Crippen molar-refractivity contribution < 1.29 is 18.0 Å². The van der Waals surface area contributed by atoms with Gasteiger partial charge in [0.25, 0.3) is 0 Å². The van der Waals surface area contributed by atoms with Gasteiger partial charge in [0.2, 0.25) is 5.91 Å². The number of carbonyl (C=O) groups is 1. The summed E-state index contributed by atoms with van der Waals surface area (Å²) in [6.45, 7) is -0.322. The van der Waals surface area contributed by atoms with Crippen molar-refractivity contribution in [3.63, 3.8) is 0 Å². The number of hydrogen-bond donors (Lipinski definition) is 1.